The minimum absolute atomic E-state index is 0.236. The van der Waals surface area contributed by atoms with Crippen molar-refractivity contribution in [2.75, 3.05) is 7.11 Å². The zero-order valence-electron chi connectivity index (χ0n) is 7.82. The summed E-state index contributed by atoms with van der Waals surface area (Å²) in [6, 6.07) is 4.83. The van der Waals surface area contributed by atoms with Gasteiger partial charge in [-0.05, 0) is 17.7 Å². The van der Waals surface area contributed by atoms with Crippen molar-refractivity contribution in [3.05, 3.63) is 34.9 Å². The second-order valence-electron chi connectivity index (χ2n) is 2.84. The Morgan fingerprint density at radius 2 is 2.29 bits per heavy atom. The number of methoxy groups -OCH3 is 1. The molecule has 74 valence electrons. The summed E-state index contributed by atoms with van der Waals surface area (Å²) in [4.78, 5) is 21.5. The molecule has 0 saturated carbocycles. The number of amides is 1. The number of rotatable bonds is 4. The van der Waals surface area contributed by atoms with Gasteiger partial charge < -0.3 is 10.5 Å². The van der Waals surface area contributed by atoms with Gasteiger partial charge in [0.15, 0.2) is 6.29 Å². The molecule has 0 fully saturated rings. The molecule has 4 nitrogen and oxygen atoms in total. The highest BCUT2D eigenvalue weighted by Gasteiger charge is 2.07. The number of carbonyl (C=O) groups excluding carboxylic acids is 2. The van der Waals surface area contributed by atoms with Crippen LogP contribution in [0.5, 0.6) is 0 Å². The Kier molecular flexibility index (Phi) is 3.36. The molecular weight excluding hydrogens is 182 g/mol. The summed E-state index contributed by atoms with van der Waals surface area (Å²) < 4.78 is 4.90. The summed E-state index contributed by atoms with van der Waals surface area (Å²) in [5.41, 5.74) is 6.45. The summed E-state index contributed by atoms with van der Waals surface area (Å²) in [7, 11) is 1.56. The number of aldehydes is 1. The molecule has 0 unspecified atom stereocenters. The molecule has 0 heterocycles. The Balaban J connectivity index is 3.11. The van der Waals surface area contributed by atoms with E-state index in [4.69, 9.17) is 10.5 Å². The van der Waals surface area contributed by atoms with Crippen molar-refractivity contribution in [2.24, 2.45) is 5.73 Å². The molecule has 0 aliphatic carbocycles. The van der Waals surface area contributed by atoms with E-state index in [2.05, 4.69) is 0 Å². The normalized spacial score (nSPS) is 9.79. The molecule has 4 heteroatoms. The van der Waals surface area contributed by atoms with Crippen LogP contribution in [0.2, 0.25) is 0 Å². The highest BCUT2D eigenvalue weighted by Crippen LogP contribution is 2.10. The predicted octanol–water partition coefficient (Wildman–Crippen LogP) is 0.744. The first-order valence-corrected chi connectivity index (χ1v) is 4.06. The number of ether oxygens (including phenoxy) is 1. The number of primary amides is 1. The summed E-state index contributed by atoms with van der Waals surface area (Å²) in [5.74, 6) is -0.601. The third-order valence-corrected chi connectivity index (χ3v) is 1.82. The number of carbonyl (C=O) groups is 2. The van der Waals surface area contributed by atoms with Crippen LogP contribution >= 0.6 is 0 Å². The lowest BCUT2D eigenvalue weighted by Crippen LogP contribution is -2.13. The van der Waals surface area contributed by atoms with Crippen molar-refractivity contribution in [1.82, 2.24) is 0 Å². The fraction of sp³-hybridized carbons (Fsp3) is 0.200. The third kappa shape index (κ3) is 2.17. The van der Waals surface area contributed by atoms with Crippen molar-refractivity contribution in [3.8, 4) is 0 Å². The van der Waals surface area contributed by atoms with E-state index in [1.54, 1.807) is 19.2 Å². The highest BCUT2D eigenvalue weighted by molar-refractivity contribution is 6.00. The topological polar surface area (TPSA) is 69.4 Å². The van der Waals surface area contributed by atoms with Crippen LogP contribution in [-0.2, 0) is 11.3 Å². The monoisotopic (exact) mass is 193 g/mol. The van der Waals surface area contributed by atoms with E-state index in [1.165, 1.54) is 6.07 Å². The lowest BCUT2D eigenvalue weighted by atomic mass is 10.0. The maximum atomic E-state index is 10.9. The van der Waals surface area contributed by atoms with Crippen LogP contribution in [0.15, 0.2) is 18.2 Å². The van der Waals surface area contributed by atoms with Crippen LogP contribution in [0.1, 0.15) is 26.3 Å². The van der Waals surface area contributed by atoms with Crippen molar-refractivity contribution in [2.45, 2.75) is 6.61 Å². The van der Waals surface area contributed by atoms with Crippen molar-refractivity contribution in [1.29, 1.82) is 0 Å². The summed E-state index contributed by atoms with van der Waals surface area (Å²) >= 11 is 0. The smallest absolute Gasteiger partial charge is 0.249 e. The molecule has 1 aromatic rings. The molecular formula is C10H11NO3. The zero-order chi connectivity index (χ0) is 10.6. The molecule has 0 aliphatic heterocycles. The first-order valence-electron chi connectivity index (χ1n) is 4.06. The number of hydrogen-bond acceptors (Lipinski definition) is 3. The standard InChI is InChI=1S/C10H11NO3/c1-14-6-7-2-3-9(10(11)13)8(4-7)5-12/h2-5H,6H2,1H3,(H2,11,13). The van der Waals surface area contributed by atoms with E-state index in [0.717, 1.165) is 5.56 Å². The summed E-state index contributed by atoms with van der Waals surface area (Å²) in [6.07, 6.45) is 0.610. The average Bonchev–Trinajstić information content (AvgIpc) is 2.17. The van der Waals surface area contributed by atoms with Crippen LogP contribution < -0.4 is 5.73 Å². The molecule has 0 aliphatic rings. The van der Waals surface area contributed by atoms with Crippen LogP contribution in [0.4, 0.5) is 0 Å². The van der Waals surface area contributed by atoms with Crippen LogP contribution in [0.25, 0.3) is 0 Å². The molecule has 0 bridgehead atoms. The van der Waals surface area contributed by atoms with E-state index in [0.29, 0.717) is 18.5 Å². The minimum Gasteiger partial charge on any atom is -0.380 e. The number of nitrogens with two attached hydrogens (primary N) is 1. The molecule has 1 aromatic carbocycles. The summed E-state index contributed by atoms with van der Waals surface area (Å²) in [5, 5.41) is 0. The van der Waals surface area contributed by atoms with E-state index in [-0.39, 0.29) is 5.56 Å². The van der Waals surface area contributed by atoms with E-state index in [1.807, 2.05) is 0 Å². The molecule has 0 radical (unpaired) electrons. The molecule has 0 atom stereocenters. The number of hydrogen-bond donors (Lipinski definition) is 1. The van der Waals surface area contributed by atoms with Gasteiger partial charge in [0.1, 0.15) is 0 Å². The number of benzene rings is 1. The maximum absolute atomic E-state index is 10.9. The van der Waals surface area contributed by atoms with Gasteiger partial charge in [0, 0.05) is 18.2 Å². The SMILES string of the molecule is COCc1ccc(C(N)=O)c(C=O)c1. The Hall–Kier alpha value is -1.68. The Morgan fingerprint density at radius 3 is 2.79 bits per heavy atom. The van der Waals surface area contributed by atoms with Gasteiger partial charge in [0.2, 0.25) is 5.91 Å². The van der Waals surface area contributed by atoms with Gasteiger partial charge in [0.25, 0.3) is 0 Å². The van der Waals surface area contributed by atoms with Crippen molar-refractivity contribution >= 4 is 12.2 Å². The Morgan fingerprint density at radius 1 is 1.57 bits per heavy atom. The lowest BCUT2D eigenvalue weighted by Gasteiger charge is -2.03. The van der Waals surface area contributed by atoms with Gasteiger partial charge in [0.05, 0.1) is 6.61 Å². The predicted molar refractivity (Wildman–Crippen MR) is 51.1 cm³/mol. The minimum atomic E-state index is -0.601. The van der Waals surface area contributed by atoms with Crippen LogP contribution in [0.3, 0.4) is 0 Å². The quantitative estimate of drug-likeness (QED) is 0.717. The second-order valence-corrected chi connectivity index (χ2v) is 2.84. The molecule has 0 aromatic heterocycles. The van der Waals surface area contributed by atoms with Crippen LogP contribution in [-0.4, -0.2) is 19.3 Å². The highest BCUT2D eigenvalue weighted by atomic mass is 16.5. The third-order valence-electron chi connectivity index (χ3n) is 1.82. The zero-order valence-corrected chi connectivity index (χ0v) is 7.82. The van der Waals surface area contributed by atoms with Gasteiger partial charge in [-0.2, -0.15) is 0 Å². The Bertz CT molecular complexity index is 360. The fourth-order valence-corrected chi connectivity index (χ4v) is 1.19. The average molecular weight is 193 g/mol. The van der Waals surface area contributed by atoms with Gasteiger partial charge in [-0.3, -0.25) is 9.59 Å². The Labute approximate surface area is 81.7 Å². The lowest BCUT2D eigenvalue weighted by molar-refractivity contribution is 0.0993. The van der Waals surface area contributed by atoms with E-state index < -0.39 is 5.91 Å². The molecule has 14 heavy (non-hydrogen) atoms. The van der Waals surface area contributed by atoms with E-state index in [9.17, 15) is 9.59 Å². The maximum Gasteiger partial charge on any atom is 0.249 e. The largest absolute Gasteiger partial charge is 0.380 e. The van der Waals surface area contributed by atoms with Gasteiger partial charge in [-0.1, -0.05) is 6.07 Å². The molecule has 1 amide bonds. The van der Waals surface area contributed by atoms with Crippen LogP contribution in [0, 0.1) is 0 Å². The summed E-state index contributed by atoms with van der Waals surface area (Å²) in [6.45, 7) is 0.403. The first-order chi connectivity index (χ1) is 6.69. The molecule has 0 saturated heterocycles. The van der Waals surface area contributed by atoms with Gasteiger partial charge >= 0.3 is 0 Å². The molecule has 0 spiro atoms. The first kappa shape index (κ1) is 10.4. The van der Waals surface area contributed by atoms with Gasteiger partial charge in [-0.15, -0.1) is 0 Å². The van der Waals surface area contributed by atoms with Crippen molar-refractivity contribution in [3.63, 3.8) is 0 Å². The van der Waals surface area contributed by atoms with Gasteiger partial charge in [-0.25, -0.2) is 0 Å². The second kappa shape index (κ2) is 4.53. The van der Waals surface area contributed by atoms with Crippen molar-refractivity contribution < 1.29 is 14.3 Å². The molecule has 2 N–H and O–H groups in total. The molecule has 1 rings (SSSR count). The fourth-order valence-electron chi connectivity index (χ4n) is 1.19. The van der Waals surface area contributed by atoms with E-state index >= 15 is 0 Å².